The molecular formula is C12H23N3O2S. The Morgan fingerprint density at radius 3 is 2.72 bits per heavy atom. The van der Waals surface area contributed by atoms with Crippen molar-refractivity contribution in [3.8, 4) is 0 Å². The lowest BCUT2D eigenvalue weighted by Gasteiger charge is -2.43. The monoisotopic (exact) mass is 273 g/mol. The average molecular weight is 273 g/mol. The number of nitrogens with two attached hydrogens (primary N) is 1. The first-order valence-corrected chi connectivity index (χ1v) is 7.61. The van der Waals surface area contributed by atoms with Crippen LogP contribution in [0.5, 0.6) is 0 Å². The minimum atomic E-state index is -0.784. The van der Waals surface area contributed by atoms with Gasteiger partial charge in [0, 0.05) is 6.54 Å². The van der Waals surface area contributed by atoms with Crippen molar-refractivity contribution in [1.82, 2.24) is 5.32 Å². The van der Waals surface area contributed by atoms with Gasteiger partial charge in [-0.1, -0.05) is 19.0 Å². The average Bonchev–Trinajstić information content (AvgIpc) is 2.31. The van der Waals surface area contributed by atoms with Crippen molar-refractivity contribution in [2.45, 2.75) is 26.7 Å². The van der Waals surface area contributed by atoms with Crippen LogP contribution in [0.1, 0.15) is 26.7 Å². The second-order valence-electron chi connectivity index (χ2n) is 5.35. The molecule has 4 N–H and O–H groups in total. The summed E-state index contributed by atoms with van der Waals surface area (Å²) in [6.45, 7) is 4.79. The number of amides is 1. The van der Waals surface area contributed by atoms with Crippen molar-refractivity contribution in [3.63, 3.8) is 0 Å². The molecule has 0 aromatic heterocycles. The van der Waals surface area contributed by atoms with Crippen molar-refractivity contribution in [1.29, 1.82) is 0 Å². The first-order chi connectivity index (χ1) is 8.46. The van der Waals surface area contributed by atoms with Crippen LogP contribution in [0.2, 0.25) is 0 Å². The van der Waals surface area contributed by atoms with Crippen LogP contribution in [-0.4, -0.2) is 35.5 Å². The van der Waals surface area contributed by atoms with E-state index in [2.05, 4.69) is 24.3 Å². The summed E-state index contributed by atoms with van der Waals surface area (Å²) in [7, 11) is 0. The number of nitrogens with one attached hydrogen (secondary N) is 1. The molecule has 1 unspecified atom stereocenters. The zero-order valence-electron chi connectivity index (χ0n) is 11.3. The van der Waals surface area contributed by atoms with E-state index in [0.29, 0.717) is 31.2 Å². The number of thioether (sulfide) groups is 1. The van der Waals surface area contributed by atoms with E-state index in [1.807, 2.05) is 6.26 Å². The summed E-state index contributed by atoms with van der Waals surface area (Å²) in [5.41, 5.74) is 4.89. The standard InChI is InChI=1S/C12H23N3O2S/c1-8-4-12(5-8,10(13)15-17)11(16)14-6-9(2)7-18-3/h8-9,17H,4-7H2,1-3H3,(H2,13,15)(H,14,16). The first-order valence-electron chi connectivity index (χ1n) is 6.21. The van der Waals surface area contributed by atoms with Crippen LogP contribution in [0.4, 0.5) is 0 Å². The van der Waals surface area contributed by atoms with E-state index in [9.17, 15) is 4.79 Å². The summed E-state index contributed by atoms with van der Waals surface area (Å²) in [6.07, 6.45) is 3.36. The molecule has 104 valence electrons. The lowest BCUT2D eigenvalue weighted by Crippen LogP contribution is -2.57. The molecule has 6 heteroatoms. The van der Waals surface area contributed by atoms with Crippen molar-refractivity contribution < 1.29 is 10.0 Å². The van der Waals surface area contributed by atoms with Crippen LogP contribution in [0.3, 0.4) is 0 Å². The first kappa shape index (κ1) is 15.1. The van der Waals surface area contributed by atoms with Gasteiger partial charge in [0.15, 0.2) is 5.84 Å². The van der Waals surface area contributed by atoms with Gasteiger partial charge < -0.3 is 16.3 Å². The smallest absolute Gasteiger partial charge is 0.233 e. The number of hydrogen-bond acceptors (Lipinski definition) is 4. The minimum Gasteiger partial charge on any atom is -0.409 e. The fourth-order valence-electron chi connectivity index (χ4n) is 2.52. The predicted octanol–water partition coefficient (Wildman–Crippen LogP) is 1.26. The van der Waals surface area contributed by atoms with E-state index in [0.717, 1.165) is 5.75 Å². The SMILES string of the molecule is CSCC(C)CNC(=O)C1(C(N)=NO)CC(C)C1. The lowest BCUT2D eigenvalue weighted by molar-refractivity contribution is -0.133. The molecule has 0 radical (unpaired) electrons. The maximum Gasteiger partial charge on any atom is 0.233 e. The number of carbonyl (C=O) groups is 1. The molecule has 1 atom stereocenters. The molecular weight excluding hydrogens is 250 g/mol. The number of amidine groups is 1. The highest BCUT2D eigenvalue weighted by Crippen LogP contribution is 2.45. The van der Waals surface area contributed by atoms with E-state index in [1.165, 1.54) is 0 Å². The molecule has 0 aliphatic heterocycles. The topological polar surface area (TPSA) is 87.7 Å². The van der Waals surface area contributed by atoms with Crippen LogP contribution >= 0.6 is 11.8 Å². The Balaban J connectivity index is 2.57. The van der Waals surface area contributed by atoms with Crippen molar-refractivity contribution in [2.24, 2.45) is 28.1 Å². The van der Waals surface area contributed by atoms with Gasteiger partial charge in [0.1, 0.15) is 5.41 Å². The third-order valence-electron chi connectivity index (χ3n) is 3.49. The van der Waals surface area contributed by atoms with Gasteiger partial charge in [-0.2, -0.15) is 11.8 Å². The van der Waals surface area contributed by atoms with Crippen LogP contribution in [-0.2, 0) is 4.79 Å². The van der Waals surface area contributed by atoms with Crippen LogP contribution in [0, 0.1) is 17.3 Å². The number of hydrogen-bond donors (Lipinski definition) is 3. The summed E-state index contributed by atoms with van der Waals surface area (Å²) in [5.74, 6) is 1.80. The summed E-state index contributed by atoms with van der Waals surface area (Å²) >= 11 is 1.76. The molecule has 1 amide bonds. The zero-order valence-corrected chi connectivity index (χ0v) is 12.1. The fraction of sp³-hybridized carbons (Fsp3) is 0.833. The summed E-state index contributed by atoms with van der Waals surface area (Å²) in [5, 5.41) is 14.8. The van der Waals surface area contributed by atoms with Gasteiger partial charge in [0.05, 0.1) is 0 Å². The quantitative estimate of drug-likeness (QED) is 0.294. The van der Waals surface area contributed by atoms with Crippen LogP contribution < -0.4 is 11.1 Å². The number of rotatable bonds is 6. The van der Waals surface area contributed by atoms with Gasteiger partial charge in [-0.15, -0.1) is 0 Å². The third kappa shape index (κ3) is 3.10. The van der Waals surface area contributed by atoms with Crippen molar-refractivity contribution >= 4 is 23.5 Å². The van der Waals surface area contributed by atoms with E-state index in [-0.39, 0.29) is 11.7 Å². The molecule has 0 bridgehead atoms. The number of nitrogens with zero attached hydrogens (tertiary/aromatic N) is 1. The van der Waals surface area contributed by atoms with E-state index >= 15 is 0 Å². The van der Waals surface area contributed by atoms with Gasteiger partial charge >= 0.3 is 0 Å². The van der Waals surface area contributed by atoms with Gasteiger partial charge in [-0.25, -0.2) is 0 Å². The summed E-state index contributed by atoms with van der Waals surface area (Å²) < 4.78 is 0. The minimum absolute atomic E-state index is 0.0376. The molecule has 1 fully saturated rings. The molecule has 1 aliphatic carbocycles. The largest absolute Gasteiger partial charge is 0.409 e. The molecule has 0 aromatic carbocycles. The Bertz CT molecular complexity index is 327. The van der Waals surface area contributed by atoms with Crippen LogP contribution in [0.15, 0.2) is 5.16 Å². The highest BCUT2D eigenvalue weighted by molar-refractivity contribution is 7.98. The molecule has 0 saturated heterocycles. The Kier molecular flexibility index (Phi) is 5.31. The maximum absolute atomic E-state index is 12.2. The summed E-state index contributed by atoms with van der Waals surface area (Å²) in [4.78, 5) is 12.2. The summed E-state index contributed by atoms with van der Waals surface area (Å²) in [6, 6.07) is 0. The fourth-order valence-corrected chi connectivity index (χ4v) is 3.20. The van der Waals surface area contributed by atoms with Gasteiger partial charge in [0.2, 0.25) is 5.91 Å². The van der Waals surface area contributed by atoms with Gasteiger partial charge in [-0.3, -0.25) is 4.79 Å². The molecule has 1 saturated carbocycles. The zero-order chi connectivity index (χ0) is 13.8. The Hall–Kier alpha value is -0.910. The second kappa shape index (κ2) is 6.31. The van der Waals surface area contributed by atoms with E-state index < -0.39 is 5.41 Å². The molecule has 18 heavy (non-hydrogen) atoms. The highest BCUT2D eigenvalue weighted by atomic mass is 32.2. The predicted molar refractivity (Wildman–Crippen MR) is 74.8 cm³/mol. The van der Waals surface area contributed by atoms with E-state index in [1.54, 1.807) is 11.8 Å². The number of oxime groups is 1. The normalized spacial score (nSPS) is 29.5. The highest BCUT2D eigenvalue weighted by Gasteiger charge is 2.52. The molecule has 5 nitrogen and oxygen atoms in total. The van der Waals surface area contributed by atoms with E-state index in [4.69, 9.17) is 10.9 Å². The van der Waals surface area contributed by atoms with Gasteiger partial charge in [0.25, 0.3) is 0 Å². The Morgan fingerprint density at radius 2 is 2.28 bits per heavy atom. The van der Waals surface area contributed by atoms with Crippen molar-refractivity contribution in [3.05, 3.63) is 0 Å². The molecule has 0 heterocycles. The maximum atomic E-state index is 12.2. The Labute approximate surface area is 113 Å². The van der Waals surface area contributed by atoms with Crippen LogP contribution in [0.25, 0.3) is 0 Å². The lowest BCUT2D eigenvalue weighted by atomic mass is 9.61. The molecule has 1 aliphatic rings. The van der Waals surface area contributed by atoms with Gasteiger partial charge in [-0.05, 0) is 36.7 Å². The van der Waals surface area contributed by atoms with Crippen molar-refractivity contribution in [2.75, 3.05) is 18.6 Å². The molecule has 0 spiro atoms. The molecule has 1 rings (SSSR count). The number of carbonyl (C=O) groups excluding carboxylic acids is 1. The molecule has 0 aromatic rings. The second-order valence-corrected chi connectivity index (χ2v) is 6.26. The Morgan fingerprint density at radius 1 is 1.67 bits per heavy atom. The third-order valence-corrected chi connectivity index (χ3v) is 4.39.